The van der Waals surface area contributed by atoms with Gasteiger partial charge in [0, 0.05) is 12.0 Å². The van der Waals surface area contributed by atoms with E-state index in [2.05, 4.69) is 0 Å². The lowest BCUT2D eigenvalue weighted by atomic mass is 10.2. The smallest absolute Gasteiger partial charge is 0.277 e. The van der Waals surface area contributed by atoms with Crippen LogP contribution in [0.15, 0.2) is 12.1 Å². The van der Waals surface area contributed by atoms with Crippen LogP contribution in [0.2, 0.25) is 0 Å². The van der Waals surface area contributed by atoms with Crippen molar-refractivity contribution in [1.29, 1.82) is 5.26 Å². The highest BCUT2D eigenvalue weighted by atomic mass is 35.5. The van der Waals surface area contributed by atoms with Crippen molar-refractivity contribution in [2.75, 3.05) is 13.7 Å². The average Bonchev–Trinajstić information content (AvgIpc) is 2.46. The van der Waals surface area contributed by atoms with Gasteiger partial charge in [-0.05, 0) is 18.9 Å². The predicted octanol–water partition coefficient (Wildman–Crippen LogP) is 3.41. The molecule has 0 heterocycles. The number of methoxy groups -OCH3 is 1. The van der Waals surface area contributed by atoms with E-state index in [4.69, 9.17) is 26.3 Å². The molecule has 0 saturated carbocycles. The molecule has 0 aromatic heterocycles. The monoisotopic (exact) mass is 298 g/mol. The maximum atomic E-state index is 11.0. The van der Waals surface area contributed by atoms with Gasteiger partial charge in [-0.15, -0.1) is 11.6 Å². The molecule has 20 heavy (non-hydrogen) atoms. The maximum absolute atomic E-state index is 11.0. The fourth-order valence-corrected chi connectivity index (χ4v) is 1.84. The van der Waals surface area contributed by atoms with Gasteiger partial charge in [-0.25, -0.2) is 0 Å². The topological polar surface area (TPSA) is 85.4 Å². The van der Waals surface area contributed by atoms with E-state index in [9.17, 15) is 10.1 Å². The van der Waals surface area contributed by atoms with Crippen LogP contribution in [0.5, 0.6) is 11.5 Å². The number of nitro groups is 1. The van der Waals surface area contributed by atoms with Crippen LogP contribution in [0.4, 0.5) is 5.69 Å². The Hall–Kier alpha value is -2.00. The number of nitrogens with zero attached hydrogens (tertiary/aromatic N) is 2. The molecule has 0 saturated heterocycles. The van der Waals surface area contributed by atoms with Gasteiger partial charge < -0.3 is 9.47 Å². The lowest BCUT2D eigenvalue weighted by Crippen LogP contribution is -2.02. The molecule has 0 aliphatic rings. The molecule has 1 aromatic carbocycles. The number of hydrogen-bond acceptors (Lipinski definition) is 5. The summed E-state index contributed by atoms with van der Waals surface area (Å²) in [6.45, 7) is 0.370. The zero-order valence-corrected chi connectivity index (χ0v) is 11.9. The van der Waals surface area contributed by atoms with E-state index >= 15 is 0 Å². The van der Waals surface area contributed by atoms with E-state index < -0.39 is 4.92 Å². The third-order valence-electron chi connectivity index (χ3n) is 2.65. The van der Waals surface area contributed by atoms with Gasteiger partial charge in [0.05, 0.1) is 36.7 Å². The highest BCUT2D eigenvalue weighted by molar-refractivity contribution is 6.17. The summed E-state index contributed by atoms with van der Waals surface area (Å²) >= 11 is 5.69. The Kier molecular flexibility index (Phi) is 6.60. The fourth-order valence-electron chi connectivity index (χ4n) is 1.63. The first kappa shape index (κ1) is 16.1. The summed E-state index contributed by atoms with van der Waals surface area (Å²) in [5.41, 5.74) is 0.290. The minimum absolute atomic E-state index is 0.0229. The lowest BCUT2D eigenvalue weighted by Gasteiger charge is -2.11. The standard InChI is InChI=1S/C13H15ClN2O4/c1-19-12-7-10(9-14)11(16(17)18)8-13(12)20-6-4-2-3-5-15/h7-8H,2-4,6,9H2,1H3. The van der Waals surface area contributed by atoms with Gasteiger partial charge in [0.15, 0.2) is 11.5 Å². The van der Waals surface area contributed by atoms with E-state index in [1.807, 2.05) is 6.07 Å². The number of unbranched alkanes of at least 4 members (excludes halogenated alkanes) is 2. The Morgan fingerprint density at radius 3 is 2.70 bits per heavy atom. The highest BCUT2D eigenvalue weighted by Gasteiger charge is 2.19. The molecule has 6 nitrogen and oxygen atoms in total. The van der Waals surface area contributed by atoms with Crippen molar-refractivity contribution in [2.45, 2.75) is 25.1 Å². The van der Waals surface area contributed by atoms with Crippen LogP contribution in [0.3, 0.4) is 0 Å². The summed E-state index contributed by atoms with van der Waals surface area (Å²) in [7, 11) is 1.46. The van der Waals surface area contributed by atoms with Crippen molar-refractivity contribution in [2.24, 2.45) is 0 Å². The Morgan fingerprint density at radius 2 is 2.15 bits per heavy atom. The van der Waals surface area contributed by atoms with Crippen molar-refractivity contribution in [3.8, 4) is 17.6 Å². The molecule has 0 aliphatic carbocycles. The van der Waals surface area contributed by atoms with Crippen molar-refractivity contribution in [3.63, 3.8) is 0 Å². The Labute approximate surface area is 122 Å². The summed E-state index contributed by atoms with van der Waals surface area (Å²) in [5.74, 6) is 0.742. The normalized spacial score (nSPS) is 9.85. The minimum atomic E-state index is -0.500. The molecular formula is C13H15ClN2O4. The number of nitro benzene ring substituents is 1. The van der Waals surface area contributed by atoms with Crippen LogP contribution >= 0.6 is 11.6 Å². The van der Waals surface area contributed by atoms with Crippen LogP contribution in [0, 0.1) is 21.4 Å². The van der Waals surface area contributed by atoms with E-state index in [1.165, 1.54) is 19.2 Å². The molecule has 0 radical (unpaired) electrons. The first-order chi connectivity index (χ1) is 9.63. The molecule has 0 bridgehead atoms. The molecule has 1 rings (SSSR count). The van der Waals surface area contributed by atoms with E-state index in [0.29, 0.717) is 36.5 Å². The Balaban J connectivity index is 2.85. The van der Waals surface area contributed by atoms with Gasteiger partial charge in [-0.3, -0.25) is 10.1 Å². The lowest BCUT2D eigenvalue weighted by molar-refractivity contribution is -0.385. The summed E-state index contributed by atoms with van der Waals surface area (Å²) in [5, 5.41) is 19.4. The molecule has 7 heteroatoms. The molecule has 0 N–H and O–H groups in total. The van der Waals surface area contributed by atoms with E-state index in [-0.39, 0.29) is 11.6 Å². The molecule has 0 fully saturated rings. The molecule has 0 aliphatic heterocycles. The Bertz CT molecular complexity index is 514. The third kappa shape index (κ3) is 4.28. The van der Waals surface area contributed by atoms with Crippen LogP contribution < -0.4 is 9.47 Å². The molecule has 108 valence electrons. The number of alkyl halides is 1. The first-order valence-electron chi connectivity index (χ1n) is 6.05. The van der Waals surface area contributed by atoms with Crippen molar-refractivity contribution in [1.82, 2.24) is 0 Å². The fraction of sp³-hybridized carbons (Fsp3) is 0.462. The maximum Gasteiger partial charge on any atom is 0.277 e. The van der Waals surface area contributed by atoms with Crippen LogP contribution in [0.25, 0.3) is 0 Å². The summed E-state index contributed by atoms with van der Waals surface area (Å²) in [4.78, 5) is 10.5. The summed E-state index contributed by atoms with van der Waals surface area (Å²) in [6, 6.07) is 4.87. The largest absolute Gasteiger partial charge is 0.493 e. The molecule has 1 aromatic rings. The van der Waals surface area contributed by atoms with E-state index in [0.717, 1.165) is 6.42 Å². The quantitative estimate of drug-likeness (QED) is 0.318. The van der Waals surface area contributed by atoms with Gasteiger partial charge in [-0.1, -0.05) is 0 Å². The zero-order chi connectivity index (χ0) is 15.0. The third-order valence-corrected chi connectivity index (χ3v) is 2.93. The zero-order valence-electron chi connectivity index (χ0n) is 11.1. The summed E-state index contributed by atoms with van der Waals surface area (Å²) in [6.07, 6.45) is 1.88. The van der Waals surface area contributed by atoms with E-state index in [1.54, 1.807) is 0 Å². The van der Waals surface area contributed by atoms with Gasteiger partial charge in [0.25, 0.3) is 5.69 Å². The average molecular weight is 299 g/mol. The molecule has 0 amide bonds. The molecule has 0 unspecified atom stereocenters. The second-order valence-electron chi connectivity index (χ2n) is 3.99. The van der Waals surface area contributed by atoms with Crippen LogP contribution in [-0.4, -0.2) is 18.6 Å². The van der Waals surface area contributed by atoms with Crippen LogP contribution in [-0.2, 0) is 5.88 Å². The highest BCUT2D eigenvalue weighted by Crippen LogP contribution is 2.35. The SMILES string of the molecule is COc1cc(CCl)c([N+](=O)[O-])cc1OCCCCC#N. The number of rotatable bonds is 8. The molecule has 0 spiro atoms. The second kappa shape index (κ2) is 8.23. The van der Waals surface area contributed by atoms with Gasteiger partial charge in [0.2, 0.25) is 0 Å². The second-order valence-corrected chi connectivity index (χ2v) is 4.25. The summed E-state index contributed by atoms with van der Waals surface area (Å²) < 4.78 is 10.6. The van der Waals surface area contributed by atoms with Crippen molar-refractivity contribution in [3.05, 3.63) is 27.8 Å². The van der Waals surface area contributed by atoms with Crippen LogP contribution in [0.1, 0.15) is 24.8 Å². The Morgan fingerprint density at radius 1 is 1.40 bits per heavy atom. The first-order valence-corrected chi connectivity index (χ1v) is 6.58. The van der Waals surface area contributed by atoms with Gasteiger partial charge in [0.1, 0.15) is 0 Å². The minimum Gasteiger partial charge on any atom is -0.493 e. The number of nitriles is 1. The van der Waals surface area contributed by atoms with Gasteiger partial charge in [-0.2, -0.15) is 5.26 Å². The van der Waals surface area contributed by atoms with Crippen molar-refractivity contribution >= 4 is 17.3 Å². The number of ether oxygens (including phenoxy) is 2. The predicted molar refractivity (Wildman–Crippen MR) is 74.2 cm³/mol. The number of benzene rings is 1. The van der Waals surface area contributed by atoms with Gasteiger partial charge >= 0.3 is 0 Å². The number of halogens is 1. The van der Waals surface area contributed by atoms with Crippen molar-refractivity contribution < 1.29 is 14.4 Å². The molecular weight excluding hydrogens is 284 g/mol. The number of hydrogen-bond donors (Lipinski definition) is 0. The molecule has 0 atom stereocenters.